The number of amides is 1. The second-order valence-electron chi connectivity index (χ2n) is 8.10. The summed E-state index contributed by atoms with van der Waals surface area (Å²) in [4.78, 5) is 13.0. The molecule has 0 aromatic heterocycles. The summed E-state index contributed by atoms with van der Waals surface area (Å²) < 4.78 is 39.5. The van der Waals surface area contributed by atoms with Crippen molar-refractivity contribution < 1.29 is 22.7 Å². The van der Waals surface area contributed by atoms with Crippen LogP contribution < -0.4 is 19.1 Å². The van der Waals surface area contributed by atoms with Crippen LogP contribution in [-0.2, 0) is 21.2 Å². The standard InChI is InChI=1S/C26H27ClN2O5S/c1-2-6-19-9-12-21(13-10-19)33-16-15-28-26(30)25-18-29(23-17-20(27)11-14-24(23)34-25)35(31,32)22-7-4-3-5-8-22/h3-5,7-14,17,25H,2,6,15-16,18H2,1H3,(H,28,30)/t25-/m0/s1. The van der Waals surface area contributed by atoms with E-state index in [0.717, 1.165) is 18.6 Å². The molecule has 0 unspecified atom stereocenters. The average molecular weight is 515 g/mol. The molecule has 0 saturated heterocycles. The maximum atomic E-state index is 13.4. The third-order valence-corrected chi connectivity index (χ3v) is 7.58. The number of hydrogen-bond donors (Lipinski definition) is 1. The lowest BCUT2D eigenvalue weighted by Gasteiger charge is -2.34. The number of nitrogens with one attached hydrogen (secondary N) is 1. The molecule has 1 amide bonds. The monoisotopic (exact) mass is 514 g/mol. The summed E-state index contributed by atoms with van der Waals surface area (Å²) in [6.45, 7) is 2.46. The number of aryl methyl sites for hydroxylation is 1. The van der Waals surface area contributed by atoms with E-state index in [1.54, 1.807) is 30.3 Å². The smallest absolute Gasteiger partial charge is 0.264 e. The van der Waals surface area contributed by atoms with Gasteiger partial charge in [-0.15, -0.1) is 0 Å². The number of rotatable bonds is 9. The summed E-state index contributed by atoms with van der Waals surface area (Å²) in [6, 6.07) is 20.6. The van der Waals surface area contributed by atoms with Gasteiger partial charge >= 0.3 is 0 Å². The van der Waals surface area contributed by atoms with Gasteiger partial charge in [0.05, 0.1) is 23.7 Å². The Morgan fingerprint density at radius 3 is 2.57 bits per heavy atom. The Morgan fingerprint density at radius 2 is 1.86 bits per heavy atom. The minimum Gasteiger partial charge on any atom is -0.492 e. The molecular formula is C26H27ClN2O5S. The molecule has 1 aliphatic heterocycles. The Balaban J connectivity index is 1.42. The minimum absolute atomic E-state index is 0.116. The highest BCUT2D eigenvalue weighted by molar-refractivity contribution is 7.92. The minimum atomic E-state index is -3.94. The van der Waals surface area contributed by atoms with Gasteiger partial charge in [0.2, 0.25) is 0 Å². The van der Waals surface area contributed by atoms with E-state index >= 15 is 0 Å². The fraction of sp³-hybridized carbons (Fsp3) is 0.269. The SMILES string of the molecule is CCCc1ccc(OCCNC(=O)[C@@H]2CN(S(=O)(=O)c3ccccc3)c3cc(Cl)ccc3O2)cc1. The van der Waals surface area contributed by atoms with Gasteiger partial charge in [0.25, 0.3) is 15.9 Å². The van der Waals surface area contributed by atoms with Crippen molar-refractivity contribution in [2.45, 2.75) is 30.8 Å². The summed E-state index contributed by atoms with van der Waals surface area (Å²) in [5.41, 5.74) is 1.54. The second kappa shape index (κ2) is 11.0. The van der Waals surface area contributed by atoms with Crippen LogP contribution in [0, 0.1) is 0 Å². The molecule has 0 radical (unpaired) electrons. The molecule has 1 heterocycles. The van der Waals surface area contributed by atoms with Crippen LogP contribution in [0.25, 0.3) is 0 Å². The number of sulfonamides is 1. The summed E-state index contributed by atoms with van der Waals surface area (Å²) >= 11 is 6.13. The Morgan fingerprint density at radius 1 is 1.11 bits per heavy atom. The zero-order valence-corrected chi connectivity index (χ0v) is 20.9. The molecule has 1 aliphatic rings. The van der Waals surface area contributed by atoms with Crippen molar-refractivity contribution in [3.8, 4) is 11.5 Å². The summed E-state index contributed by atoms with van der Waals surface area (Å²) in [7, 11) is -3.94. The normalized spacial score (nSPS) is 15.1. The van der Waals surface area contributed by atoms with Gasteiger partial charge in [0.1, 0.15) is 18.1 Å². The van der Waals surface area contributed by atoms with Crippen molar-refractivity contribution in [3.63, 3.8) is 0 Å². The predicted octanol–water partition coefficient (Wildman–Crippen LogP) is 4.44. The quantitative estimate of drug-likeness (QED) is 0.427. The highest BCUT2D eigenvalue weighted by Gasteiger charge is 2.37. The third kappa shape index (κ3) is 5.89. The molecule has 35 heavy (non-hydrogen) atoms. The Bertz CT molecular complexity index is 1270. The zero-order valence-electron chi connectivity index (χ0n) is 19.3. The first-order chi connectivity index (χ1) is 16.9. The highest BCUT2D eigenvalue weighted by atomic mass is 35.5. The molecule has 3 aromatic rings. The van der Waals surface area contributed by atoms with Crippen LogP contribution in [0.15, 0.2) is 77.7 Å². The number of fused-ring (bicyclic) bond motifs is 1. The van der Waals surface area contributed by atoms with E-state index in [0.29, 0.717) is 10.7 Å². The van der Waals surface area contributed by atoms with Gasteiger partial charge in [-0.2, -0.15) is 0 Å². The van der Waals surface area contributed by atoms with Gasteiger partial charge in [-0.05, 0) is 54.4 Å². The van der Waals surface area contributed by atoms with Crippen molar-refractivity contribution in [2.24, 2.45) is 0 Å². The molecule has 0 aliphatic carbocycles. The Hall–Kier alpha value is -3.23. The van der Waals surface area contributed by atoms with Crippen molar-refractivity contribution in [1.29, 1.82) is 0 Å². The number of benzene rings is 3. The third-order valence-electron chi connectivity index (χ3n) is 5.55. The average Bonchev–Trinajstić information content (AvgIpc) is 2.87. The van der Waals surface area contributed by atoms with Crippen LogP contribution in [0.4, 0.5) is 5.69 Å². The van der Waals surface area contributed by atoms with Crippen LogP contribution in [0.1, 0.15) is 18.9 Å². The van der Waals surface area contributed by atoms with Crippen molar-refractivity contribution in [1.82, 2.24) is 5.32 Å². The molecule has 0 spiro atoms. The van der Waals surface area contributed by atoms with Gasteiger partial charge < -0.3 is 14.8 Å². The number of carbonyl (C=O) groups excluding carboxylic acids is 1. The molecule has 3 aromatic carbocycles. The topological polar surface area (TPSA) is 84.9 Å². The maximum Gasteiger partial charge on any atom is 0.264 e. The lowest BCUT2D eigenvalue weighted by Crippen LogP contribution is -2.51. The number of ether oxygens (including phenoxy) is 2. The van der Waals surface area contributed by atoms with E-state index in [9.17, 15) is 13.2 Å². The molecule has 7 nitrogen and oxygen atoms in total. The van der Waals surface area contributed by atoms with E-state index in [-0.39, 0.29) is 30.3 Å². The Kier molecular flexibility index (Phi) is 7.83. The molecule has 4 rings (SSSR count). The van der Waals surface area contributed by atoms with Gasteiger partial charge in [0.15, 0.2) is 6.10 Å². The van der Waals surface area contributed by atoms with Gasteiger partial charge in [-0.3, -0.25) is 9.10 Å². The Labute approximate surface area is 210 Å². The molecule has 0 fully saturated rings. The predicted molar refractivity (Wildman–Crippen MR) is 136 cm³/mol. The first-order valence-corrected chi connectivity index (χ1v) is 13.2. The van der Waals surface area contributed by atoms with E-state index in [2.05, 4.69) is 12.2 Å². The molecular weight excluding hydrogens is 488 g/mol. The zero-order chi connectivity index (χ0) is 24.8. The summed E-state index contributed by atoms with van der Waals surface area (Å²) in [6.07, 6.45) is 1.07. The lowest BCUT2D eigenvalue weighted by molar-refractivity contribution is -0.127. The largest absolute Gasteiger partial charge is 0.492 e. The van der Waals surface area contributed by atoms with Gasteiger partial charge in [-0.1, -0.05) is 55.3 Å². The first kappa shape index (κ1) is 24.9. The van der Waals surface area contributed by atoms with Crippen molar-refractivity contribution >= 4 is 33.2 Å². The highest BCUT2D eigenvalue weighted by Crippen LogP contribution is 2.38. The van der Waals surface area contributed by atoms with Crippen LogP contribution in [0.3, 0.4) is 0 Å². The van der Waals surface area contributed by atoms with Crippen LogP contribution in [0.5, 0.6) is 11.5 Å². The van der Waals surface area contributed by atoms with Crippen LogP contribution >= 0.6 is 11.6 Å². The fourth-order valence-electron chi connectivity index (χ4n) is 3.81. The van der Waals surface area contributed by atoms with Crippen molar-refractivity contribution in [2.75, 3.05) is 24.0 Å². The summed E-state index contributed by atoms with van der Waals surface area (Å²) in [5.74, 6) is 0.559. The van der Waals surface area contributed by atoms with E-state index in [1.807, 2.05) is 24.3 Å². The number of anilines is 1. The van der Waals surface area contributed by atoms with Gasteiger partial charge in [-0.25, -0.2) is 8.42 Å². The van der Waals surface area contributed by atoms with E-state index in [1.165, 1.54) is 28.1 Å². The molecule has 184 valence electrons. The number of halogens is 1. The second-order valence-corrected chi connectivity index (χ2v) is 10.4. The van der Waals surface area contributed by atoms with Crippen LogP contribution in [0.2, 0.25) is 5.02 Å². The lowest BCUT2D eigenvalue weighted by atomic mass is 10.1. The number of hydrogen-bond acceptors (Lipinski definition) is 5. The fourth-order valence-corrected chi connectivity index (χ4v) is 5.46. The number of carbonyl (C=O) groups is 1. The van der Waals surface area contributed by atoms with E-state index in [4.69, 9.17) is 21.1 Å². The van der Waals surface area contributed by atoms with E-state index < -0.39 is 22.0 Å². The molecule has 9 heteroatoms. The molecule has 0 saturated carbocycles. The molecule has 1 N–H and O–H groups in total. The van der Waals surface area contributed by atoms with Crippen molar-refractivity contribution in [3.05, 3.63) is 83.4 Å². The van der Waals surface area contributed by atoms with Crippen LogP contribution in [-0.4, -0.2) is 40.1 Å². The molecule has 1 atom stereocenters. The first-order valence-electron chi connectivity index (χ1n) is 11.4. The maximum absolute atomic E-state index is 13.4. The number of nitrogens with zero attached hydrogens (tertiary/aromatic N) is 1. The van der Waals surface area contributed by atoms with Gasteiger partial charge in [0, 0.05) is 5.02 Å². The molecule has 0 bridgehead atoms. The summed E-state index contributed by atoms with van der Waals surface area (Å²) in [5, 5.41) is 3.14.